The fourth-order valence-corrected chi connectivity index (χ4v) is 0.472. The Labute approximate surface area is 68.7 Å². The lowest BCUT2D eigenvalue weighted by Gasteiger charge is -1.95. The molecule has 2 heteroatoms. The molecule has 0 aromatic rings. The van der Waals surface area contributed by atoms with E-state index in [1.165, 1.54) is 0 Å². The van der Waals surface area contributed by atoms with Gasteiger partial charge in [-0.3, -0.25) is 0 Å². The molecule has 0 saturated heterocycles. The van der Waals surface area contributed by atoms with Crippen LogP contribution < -0.4 is 0 Å². The molecule has 1 unspecified atom stereocenters. The van der Waals surface area contributed by atoms with E-state index in [0.717, 1.165) is 6.42 Å². The Morgan fingerprint density at radius 1 is 1.55 bits per heavy atom. The van der Waals surface area contributed by atoms with Gasteiger partial charge >= 0.3 is 0 Å². The first kappa shape index (κ1) is 10.1. The zero-order valence-corrected chi connectivity index (χ0v) is 7.33. The molecule has 0 aromatic heterocycles. The van der Waals surface area contributed by atoms with Crippen molar-refractivity contribution >= 4 is 0 Å². The molecule has 0 bridgehead atoms. The van der Waals surface area contributed by atoms with Gasteiger partial charge in [0.2, 0.25) is 0 Å². The maximum atomic E-state index is 4.05. The molecular formula is C9H16N2. The summed E-state index contributed by atoms with van der Waals surface area (Å²) in [4.78, 5) is 0. The molecule has 0 N–H and O–H groups in total. The minimum absolute atomic E-state index is 0.354. The maximum Gasteiger partial charge on any atom is 0.0783 e. The summed E-state index contributed by atoms with van der Waals surface area (Å²) in [6, 6.07) is 0.354. The van der Waals surface area contributed by atoms with Crippen molar-refractivity contribution in [1.82, 2.24) is 0 Å². The van der Waals surface area contributed by atoms with Gasteiger partial charge in [-0.05, 0) is 13.3 Å². The van der Waals surface area contributed by atoms with Crippen molar-refractivity contribution in [2.24, 2.45) is 10.2 Å². The quantitative estimate of drug-likeness (QED) is 0.427. The molecule has 0 amide bonds. The topological polar surface area (TPSA) is 24.7 Å². The molecule has 1 atom stereocenters. The van der Waals surface area contributed by atoms with Crippen LogP contribution in [0.25, 0.3) is 0 Å². The number of hydrogen-bond donors (Lipinski definition) is 0. The van der Waals surface area contributed by atoms with Crippen LogP contribution in [0.2, 0.25) is 0 Å². The van der Waals surface area contributed by atoms with Crippen LogP contribution in [0.5, 0.6) is 0 Å². The van der Waals surface area contributed by atoms with Crippen molar-refractivity contribution in [1.29, 1.82) is 0 Å². The van der Waals surface area contributed by atoms with Crippen LogP contribution in [0.3, 0.4) is 0 Å². The van der Waals surface area contributed by atoms with Gasteiger partial charge in [-0.25, -0.2) is 0 Å². The summed E-state index contributed by atoms with van der Waals surface area (Å²) in [5, 5.41) is 8.02. The molecule has 0 spiro atoms. The third-order valence-electron chi connectivity index (χ3n) is 1.33. The zero-order chi connectivity index (χ0) is 8.53. The van der Waals surface area contributed by atoms with Crippen LogP contribution in [0.15, 0.2) is 35.0 Å². The van der Waals surface area contributed by atoms with E-state index in [9.17, 15) is 0 Å². The molecule has 0 radical (unpaired) electrons. The average molecular weight is 152 g/mol. The van der Waals surface area contributed by atoms with Crippen molar-refractivity contribution in [3.63, 3.8) is 0 Å². The van der Waals surface area contributed by atoms with Crippen LogP contribution >= 0.6 is 0 Å². The molecule has 0 rings (SSSR count). The first-order valence-electron chi connectivity index (χ1n) is 3.95. The van der Waals surface area contributed by atoms with Gasteiger partial charge in [-0.15, -0.1) is 0 Å². The van der Waals surface area contributed by atoms with Crippen LogP contribution in [0, 0.1) is 0 Å². The first-order valence-corrected chi connectivity index (χ1v) is 3.95. The van der Waals surface area contributed by atoms with Crippen molar-refractivity contribution in [2.75, 3.05) is 6.54 Å². The van der Waals surface area contributed by atoms with Gasteiger partial charge in [0.15, 0.2) is 0 Å². The highest BCUT2D eigenvalue weighted by Gasteiger charge is 1.89. The minimum Gasteiger partial charge on any atom is -0.191 e. The summed E-state index contributed by atoms with van der Waals surface area (Å²) >= 11 is 0. The number of azo groups is 1. The second-order valence-electron chi connectivity index (χ2n) is 2.36. The van der Waals surface area contributed by atoms with Gasteiger partial charge in [0.25, 0.3) is 0 Å². The van der Waals surface area contributed by atoms with Gasteiger partial charge in [0.05, 0.1) is 12.6 Å². The van der Waals surface area contributed by atoms with E-state index in [1.54, 1.807) is 6.08 Å². The van der Waals surface area contributed by atoms with Crippen molar-refractivity contribution in [3.05, 3.63) is 24.8 Å². The Hall–Kier alpha value is -0.920. The number of rotatable bonds is 5. The SMILES string of the molecule is C=C/C=C\CN=NC(C)CC. The van der Waals surface area contributed by atoms with E-state index in [2.05, 4.69) is 30.7 Å². The number of hydrogen-bond acceptors (Lipinski definition) is 2. The fourth-order valence-electron chi connectivity index (χ4n) is 0.472. The van der Waals surface area contributed by atoms with Gasteiger partial charge in [0.1, 0.15) is 0 Å². The molecular weight excluding hydrogens is 136 g/mol. The summed E-state index contributed by atoms with van der Waals surface area (Å²) in [5.41, 5.74) is 0. The standard InChI is InChI=1S/C9H16N2/c1-4-6-7-8-10-11-9(3)5-2/h4,6-7,9H,1,5,8H2,2-3H3/b7-6-,11-10?. The highest BCUT2D eigenvalue weighted by Crippen LogP contribution is 1.95. The molecule has 0 heterocycles. The first-order chi connectivity index (χ1) is 5.31. The summed E-state index contributed by atoms with van der Waals surface area (Å²) in [7, 11) is 0. The smallest absolute Gasteiger partial charge is 0.0783 e. The minimum atomic E-state index is 0.354. The highest BCUT2D eigenvalue weighted by atomic mass is 15.1. The Kier molecular flexibility index (Phi) is 6.59. The molecule has 62 valence electrons. The molecule has 0 aliphatic carbocycles. The second-order valence-corrected chi connectivity index (χ2v) is 2.36. The highest BCUT2D eigenvalue weighted by molar-refractivity contribution is 4.97. The van der Waals surface area contributed by atoms with Gasteiger partial charge < -0.3 is 0 Å². The maximum absolute atomic E-state index is 4.05. The molecule has 0 fully saturated rings. The largest absolute Gasteiger partial charge is 0.191 e. The third kappa shape index (κ3) is 6.97. The molecule has 0 aliphatic rings. The van der Waals surface area contributed by atoms with Crippen LogP contribution in [0.1, 0.15) is 20.3 Å². The Balaban J connectivity index is 3.43. The fraction of sp³-hybridized carbons (Fsp3) is 0.556. The lowest BCUT2D eigenvalue weighted by molar-refractivity contribution is 0.667. The lowest BCUT2D eigenvalue weighted by Crippen LogP contribution is -1.92. The molecule has 0 saturated carbocycles. The lowest BCUT2D eigenvalue weighted by atomic mass is 10.3. The number of nitrogens with zero attached hydrogens (tertiary/aromatic N) is 2. The Bertz CT molecular complexity index is 148. The van der Waals surface area contributed by atoms with E-state index in [-0.39, 0.29) is 0 Å². The van der Waals surface area contributed by atoms with E-state index >= 15 is 0 Å². The van der Waals surface area contributed by atoms with Crippen LogP contribution in [-0.2, 0) is 0 Å². The average Bonchev–Trinajstić information content (AvgIpc) is 2.04. The molecule has 11 heavy (non-hydrogen) atoms. The van der Waals surface area contributed by atoms with Crippen molar-refractivity contribution < 1.29 is 0 Å². The normalized spacial score (nSPS) is 14.4. The van der Waals surface area contributed by atoms with Crippen LogP contribution in [-0.4, -0.2) is 12.6 Å². The monoisotopic (exact) mass is 152 g/mol. The Morgan fingerprint density at radius 2 is 2.27 bits per heavy atom. The van der Waals surface area contributed by atoms with Gasteiger partial charge in [0, 0.05) is 0 Å². The van der Waals surface area contributed by atoms with Crippen LogP contribution in [0.4, 0.5) is 0 Å². The van der Waals surface area contributed by atoms with Gasteiger partial charge in [-0.2, -0.15) is 10.2 Å². The molecule has 0 aromatic carbocycles. The zero-order valence-electron chi connectivity index (χ0n) is 7.33. The van der Waals surface area contributed by atoms with E-state index in [0.29, 0.717) is 12.6 Å². The van der Waals surface area contributed by atoms with Gasteiger partial charge in [-0.1, -0.05) is 31.7 Å². The summed E-state index contributed by atoms with van der Waals surface area (Å²) in [6.45, 7) is 8.37. The molecule has 0 aliphatic heterocycles. The summed E-state index contributed by atoms with van der Waals surface area (Å²) in [5.74, 6) is 0. The van der Waals surface area contributed by atoms with Crippen molar-refractivity contribution in [2.45, 2.75) is 26.3 Å². The van der Waals surface area contributed by atoms with E-state index in [4.69, 9.17) is 0 Å². The number of allylic oxidation sites excluding steroid dienone is 2. The second kappa shape index (κ2) is 7.19. The van der Waals surface area contributed by atoms with E-state index in [1.807, 2.05) is 12.2 Å². The predicted molar refractivity (Wildman–Crippen MR) is 48.8 cm³/mol. The summed E-state index contributed by atoms with van der Waals surface area (Å²) in [6.07, 6.45) is 6.59. The third-order valence-corrected chi connectivity index (χ3v) is 1.33. The van der Waals surface area contributed by atoms with Crippen molar-refractivity contribution in [3.8, 4) is 0 Å². The van der Waals surface area contributed by atoms with E-state index < -0.39 is 0 Å². The summed E-state index contributed by atoms with van der Waals surface area (Å²) < 4.78 is 0. The molecule has 2 nitrogen and oxygen atoms in total. The predicted octanol–water partition coefficient (Wildman–Crippen LogP) is 2.98. The Morgan fingerprint density at radius 3 is 2.82 bits per heavy atom.